The van der Waals surface area contributed by atoms with E-state index in [-0.39, 0.29) is 17.1 Å². The fraction of sp³-hybridized carbons (Fsp3) is 0.0667. The number of furan rings is 1. The fourth-order valence-electron chi connectivity index (χ4n) is 1.69. The van der Waals surface area contributed by atoms with Crippen molar-refractivity contribution in [2.75, 3.05) is 0 Å². The van der Waals surface area contributed by atoms with Crippen LogP contribution in [0.5, 0.6) is 5.75 Å². The second-order valence-electron chi connectivity index (χ2n) is 4.10. The summed E-state index contributed by atoms with van der Waals surface area (Å²) in [6.45, 7) is 1.67. The van der Waals surface area contributed by atoms with Crippen LogP contribution in [0.15, 0.2) is 45.0 Å². The van der Waals surface area contributed by atoms with Crippen LogP contribution >= 0.6 is 15.9 Å². The third-order valence-corrected chi connectivity index (χ3v) is 3.39. The molecule has 5 heteroatoms. The van der Waals surface area contributed by atoms with Gasteiger partial charge >= 0.3 is 0 Å². The molecule has 0 saturated carbocycles. The molecule has 0 atom stereocenters. The van der Waals surface area contributed by atoms with Crippen LogP contribution in [-0.4, -0.2) is 10.9 Å². The number of aryl methyl sites for hydroxylation is 1. The lowest BCUT2D eigenvalue weighted by atomic mass is 10.0. The van der Waals surface area contributed by atoms with Gasteiger partial charge in [-0.1, -0.05) is 6.07 Å². The van der Waals surface area contributed by atoms with Crippen LogP contribution in [0, 0.1) is 18.3 Å². The van der Waals surface area contributed by atoms with Gasteiger partial charge in [0.2, 0.25) is 5.78 Å². The molecule has 0 aliphatic carbocycles. The Balaban J connectivity index is 2.40. The average Bonchev–Trinajstić information content (AvgIpc) is 2.85. The molecule has 100 valence electrons. The quantitative estimate of drug-likeness (QED) is 0.526. The molecule has 4 nitrogen and oxygen atoms in total. The lowest BCUT2D eigenvalue weighted by Crippen LogP contribution is -2.02. The molecule has 1 aromatic heterocycles. The summed E-state index contributed by atoms with van der Waals surface area (Å²) in [4.78, 5) is 12.2. The predicted octanol–water partition coefficient (Wildman–Crippen LogP) is 3.85. The number of benzene rings is 1. The summed E-state index contributed by atoms with van der Waals surface area (Å²) >= 11 is 3.18. The van der Waals surface area contributed by atoms with Crippen LogP contribution in [0.3, 0.4) is 0 Å². The van der Waals surface area contributed by atoms with Crippen LogP contribution in [-0.2, 0) is 0 Å². The van der Waals surface area contributed by atoms with Gasteiger partial charge in [0.15, 0.2) is 0 Å². The third-order valence-electron chi connectivity index (χ3n) is 2.75. The molecule has 0 saturated heterocycles. The van der Waals surface area contributed by atoms with Crippen LogP contribution in [0.2, 0.25) is 0 Å². The summed E-state index contributed by atoms with van der Waals surface area (Å²) in [6, 6.07) is 8.16. The lowest BCUT2D eigenvalue weighted by Gasteiger charge is -2.00. The molecule has 2 aromatic rings. The van der Waals surface area contributed by atoms with Gasteiger partial charge < -0.3 is 9.52 Å². The Morgan fingerprint density at radius 3 is 2.75 bits per heavy atom. The zero-order valence-corrected chi connectivity index (χ0v) is 12.1. The minimum atomic E-state index is -0.386. The monoisotopic (exact) mass is 331 g/mol. The number of hydrogen-bond donors (Lipinski definition) is 1. The van der Waals surface area contributed by atoms with Crippen LogP contribution in [0.25, 0.3) is 6.08 Å². The molecule has 20 heavy (non-hydrogen) atoms. The largest absolute Gasteiger partial charge is 0.507 e. The van der Waals surface area contributed by atoms with E-state index in [2.05, 4.69) is 15.9 Å². The number of phenols is 1. The van der Waals surface area contributed by atoms with E-state index in [0.29, 0.717) is 21.4 Å². The van der Waals surface area contributed by atoms with E-state index < -0.39 is 0 Å². The molecule has 1 N–H and O–H groups in total. The summed E-state index contributed by atoms with van der Waals surface area (Å²) in [6.07, 6.45) is 2.88. The van der Waals surface area contributed by atoms with Gasteiger partial charge in [0.1, 0.15) is 23.2 Å². The zero-order valence-electron chi connectivity index (χ0n) is 10.6. The van der Waals surface area contributed by atoms with Crippen LogP contribution in [0.1, 0.15) is 21.7 Å². The molecule has 2 rings (SSSR count). The van der Waals surface area contributed by atoms with Gasteiger partial charge in [-0.3, -0.25) is 4.79 Å². The molecule has 0 bridgehead atoms. The second kappa shape index (κ2) is 5.76. The number of halogens is 1. The summed E-state index contributed by atoms with van der Waals surface area (Å²) in [5, 5.41) is 18.6. The highest BCUT2D eigenvalue weighted by Crippen LogP contribution is 2.25. The van der Waals surface area contributed by atoms with Gasteiger partial charge in [0.05, 0.1) is 16.3 Å². The van der Waals surface area contributed by atoms with Crippen LogP contribution in [0.4, 0.5) is 0 Å². The standard InChI is InChI=1S/C15H10BrNO3/c1-9-12(4-5-20-9)15(19)11(8-17)6-10-2-3-14(18)13(16)7-10/h2-7,18H,1H3/b11-6-. The number of nitrogens with zero attached hydrogens (tertiary/aromatic N) is 1. The molecule has 0 radical (unpaired) electrons. The molecule has 0 amide bonds. The Bertz CT molecular complexity index is 738. The maximum atomic E-state index is 12.2. The van der Waals surface area contributed by atoms with Crippen molar-refractivity contribution < 1.29 is 14.3 Å². The Hall–Kier alpha value is -2.32. The number of nitriles is 1. The number of rotatable bonds is 3. The van der Waals surface area contributed by atoms with Gasteiger partial charge in [0, 0.05) is 0 Å². The molecule has 0 spiro atoms. The number of carbonyl (C=O) groups is 1. The van der Waals surface area contributed by atoms with Gasteiger partial charge in [-0.2, -0.15) is 5.26 Å². The first-order valence-electron chi connectivity index (χ1n) is 5.72. The minimum Gasteiger partial charge on any atom is -0.507 e. The van der Waals surface area contributed by atoms with E-state index in [1.54, 1.807) is 19.1 Å². The molecule has 0 aliphatic heterocycles. The van der Waals surface area contributed by atoms with Crippen molar-refractivity contribution in [2.24, 2.45) is 0 Å². The smallest absolute Gasteiger partial charge is 0.207 e. The van der Waals surface area contributed by atoms with E-state index in [0.717, 1.165) is 0 Å². The highest BCUT2D eigenvalue weighted by atomic mass is 79.9. The van der Waals surface area contributed by atoms with E-state index >= 15 is 0 Å². The number of hydrogen-bond acceptors (Lipinski definition) is 4. The van der Waals surface area contributed by atoms with Crippen molar-refractivity contribution in [3.05, 3.63) is 57.5 Å². The normalized spacial score (nSPS) is 11.2. The molecular formula is C15H10BrNO3. The van der Waals surface area contributed by atoms with E-state index in [4.69, 9.17) is 9.68 Å². The van der Waals surface area contributed by atoms with Gasteiger partial charge in [-0.25, -0.2) is 0 Å². The highest BCUT2D eigenvalue weighted by Gasteiger charge is 2.16. The second-order valence-corrected chi connectivity index (χ2v) is 4.95. The Kier molecular flexibility index (Phi) is 4.06. The number of carbonyl (C=O) groups excluding carboxylic acids is 1. The van der Waals surface area contributed by atoms with Gasteiger partial charge in [0.25, 0.3) is 0 Å². The Morgan fingerprint density at radius 2 is 2.20 bits per heavy atom. The molecular weight excluding hydrogens is 322 g/mol. The lowest BCUT2D eigenvalue weighted by molar-refractivity contribution is 0.103. The number of allylic oxidation sites excluding steroid dienone is 1. The molecule has 0 fully saturated rings. The SMILES string of the molecule is Cc1occc1C(=O)/C(C#N)=C\c1ccc(O)c(Br)c1. The summed E-state index contributed by atoms with van der Waals surface area (Å²) in [5.41, 5.74) is 1.02. The van der Waals surface area contributed by atoms with Crippen molar-refractivity contribution >= 4 is 27.8 Å². The van der Waals surface area contributed by atoms with Crippen LogP contribution < -0.4 is 0 Å². The third kappa shape index (κ3) is 2.81. The van der Waals surface area contributed by atoms with E-state index in [1.807, 2.05) is 6.07 Å². The number of Topliss-reactive ketones (excluding diaryl/α,β-unsaturated/α-hetero) is 1. The molecule has 1 heterocycles. The minimum absolute atomic E-state index is 0.00656. The predicted molar refractivity (Wildman–Crippen MR) is 77.2 cm³/mol. The van der Waals surface area contributed by atoms with Crippen molar-refractivity contribution in [1.82, 2.24) is 0 Å². The maximum absolute atomic E-state index is 12.2. The fourth-order valence-corrected chi connectivity index (χ4v) is 2.09. The van der Waals surface area contributed by atoms with E-state index in [1.165, 1.54) is 24.5 Å². The van der Waals surface area contributed by atoms with Crippen molar-refractivity contribution in [1.29, 1.82) is 5.26 Å². The average molecular weight is 332 g/mol. The first-order valence-corrected chi connectivity index (χ1v) is 6.51. The Labute approximate surface area is 124 Å². The number of ketones is 1. The number of aromatic hydroxyl groups is 1. The summed E-state index contributed by atoms with van der Waals surface area (Å²) in [7, 11) is 0. The van der Waals surface area contributed by atoms with Crippen molar-refractivity contribution in [2.45, 2.75) is 6.92 Å². The zero-order chi connectivity index (χ0) is 14.7. The molecule has 1 aromatic carbocycles. The number of phenolic OH excluding ortho intramolecular Hbond substituents is 1. The topological polar surface area (TPSA) is 74.2 Å². The molecule has 0 unspecified atom stereocenters. The van der Waals surface area contributed by atoms with Crippen molar-refractivity contribution in [3.63, 3.8) is 0 Å². The highest BCUT2D eigenvalue weighted by molar-refractivity contribution is 9.10. The van der Waals surface area contributed by atoms with E-state index in [9.17, 15) is 9.90 Å². The maximum Gasteiger partial charge on any atom is 0.207 e. The summed E-state index contributed by atoms with van der Waals surface area (Å²) < 4.78 is 5.56. The first-order chi connectivity index (χ1) is 9.52. The Morgan fingerprint density at radius 1 is 1.45 bits per heavy atom. The molecule has 0 aliphatic rings. The summed E-state index contributed by atoms with van der Waals surface area (Å²) in [5.74, 6) is 0.184. The van der Waals surface area contributed by atoms with Gasteiger partial charge in [-0.05, 0) is 52.7 Å². The first kappa shape index (κ1) is 14.1. The van der Waals surface area contributed by atoms with Crippen molar-refractivity contribution in [3.8, 4) is 11.8 Å². The van der Waals surface area contributed by atoms with Gasteiger partial charge in [-0.15, -0.1) is 0 Å².